The van der Waals surface area contributed by atoms with Gasteiger partial charge in [-0.15, -0.1) is 0 Å². The number of nitrogens with zero attached hydrogens (tertiary/aromatic N) is 1. The molecule has 0 saturated carbocycles. The van der Waals surface area contributed by atoms with E-state index in [0.29, 0.717) is 12.8 Å². The molecule has 0 unspecified atom stereocenters. The van der Waals surface area contributed by atoms with Crippen LogP contribution in [-0.4, -0.2) is 34.7 Å². The minimum absolute atomic E-state index is 0.173. The summed E-state index contributed by atoms with van der Waals surface area (Å²) in [6, 6.07) is 19.0. The van der Waals surface area contributed by atoms with Crippen LogP contribution >= 0.6 is 0 Å². The number of hydrogen-bond acceptors (Lipinski definition) is 3. The van der Waals surface area contributed by atoms with Crippen LogP contribution in [0.4, 0.5) is 9.59 Å². The van der Waals surface area contributed by atoms with Crippen LogP contribution in [0.3, 0.4) is 0 Å². The lowest BCUT2D eigenvalue weighted by Crippen LogP contribution is -2.45. The van der Waals surface area contributed by atoms with Gasteiger partial charge in [0.15, 0.2) is 0 Å². The molecule has 2 aromatic rings. The lowest BCUT2D eigenvalue weighted by molar-refractivity contribution is 0.0288. The quantitative estimate of drug-likeness (QED) is 0.883. The van der Waals surface area contributed by atoms with Gasteiger partial charge in [0, 0.05) is 0 Å². The Hall–Kier alpha value is -2.82. The Morgan fingerprint density at radius 1 is 0.963 bits per heavy atom. The van der Waals surface area contributed by atoms with Gasteiger partial charge >= 0.3 is 12.1 Å². The van der Waals surface area contributed by atoms with E-state index in [1.807, 2.05) is 60.7 Å². The van der Waals surface area contributed by atoms with E-state index in [4.69, 9.17) is 4.74 Å². The number of amides is 3. The minimum Gasteiger partial charge on any atom is -0.443 e. The molecule has 3 rings (SSSR count). The molecule has 1 N–H and O–H groups in total. The summed E-state index contributed by atoms with van der Waals surface area (Å²) in [7, 11) is 0. The van der Waals surface area contributed by atoms with Crippen LogP contribution < -0.4 is 5.32 Å². The van der Waals surface area contributed by atoms with Gasteiger partial charge < -0.3 is 10.1 Å². The van der Waals surface area contributed by atoms with Gasteiger partial charge in [-0.3, -0.25) is 0 Å². The van der Waals surface area contributed by atoms with E-state index in [1.54, 1.807) is 20.8 Å². The molecule has 1 heterocycles. The molecule has 5 nitrogen and oxygen atoms in total. The summed E-state index contributed by atoms with van der Waals surface area (Å²) in [6.07, 6.45) is 0.635. The Morgan fingerprint density at radius 2 is 1.48 bits per heavy atom. The summed E-state index contributed by atoms with van der Waals surface area (Å²) in [6.45, 7) is 5.39. The van der Waals surface area contributed by atoms with Gasteiger partial charge in [-0.05, 0) is 44.7 Å². The third kappa shape index (κ3) is 4.88. The average molecular weight is 366 g/mol. The summed E-state index contributed by atoms with van der Waals surface area (Å²) in [4.78, 5) is 26.6. The SMILES string of the molecule is CC(C)(C)OC(=O)N1C(=O)N[C@@H](Cc2ccccc2)[C@@H]1Cc1ccccc1. The molecule has 0 aliphatic carbocycles. The van der Waals surface area contributed by atoms with Gasteiger partial charge in [-0.25, -0.2) is 14.5 Å². The van der Waals surface area contributed by atoms with Gasteiger partial charge in [-0.1, -0.05) is 60.7 Å². The van der Waals surface area contributed by atoms with Crippen LogP contribution in [0, 0.1) is 0 Å². The number of ether oxygens (including phenoxy) is 1. The maximum Gasteiger partial charge on any atom is 0.418 e. The molecule has 2 atom stereocenters. The molecule has 0 spiro atoms. The first kappa shape index (κ1) is 19.0. The number of urea groups is 1. The third-order valence-corrected chi connectivity index (χ3v) is 4.50. The number of nitrogens with one attached hydrogen (secondary N) is 1. The first-order chi connectivity index (χ1) is 12.8. The van der Waals surface area contributed by atoms with E-state index >= 15 is 0 Å². The van der Waals surface area contributed by atoms with E-state index in [2.05, 4.69) is 5.32 Å². The molecule has 1 fully saturated rings. The van der Waals surface area contributed by atoms with Crippen LogP contribution in [0.15, 0.2) is 60.7 Å². The van der Waals surface area contributed by atoms with Crippen molar-refractivity contribution in [1.29, 1.82) is 0 Å². The molecule has 0 aromatic heterocycles. The second-order valence-corrected chi connectivity index (χ2v) is 7.85. The minimum atomic E-state index is -0.661. The fourth-order valence-electron chi connectivity index (χ4n) is 3.33. The number of benzene rings is 2. The van der Waals surface area contributed by atoms with Crippen molar-refractivity contribution in [3.8, 4) is 0 Å². The molecule has 142 valence electrons. The molecule has 3 amide bonds. The first-order valence-electron chi connectivity index (χ1n) is 9.24. The van der Waals surface area contributed by atoms with Crippen LogP contribution in [-0.2, 0) is 17.6 Å². The second-order valence-electron chi connectivity index (χ2n) is 7.85. The largest absolute Gasteiger partial charge is 0.443 e. The van der Waals surface area contributed by atoms with Crippen LogP contribution in [0.1, 0.15) is 31.9 Å². The standard InChI is InChI=1S/C22H26N2O3/c1-22(2,3)27-21(26)24-19(15-17-12-8-5-9-13-17)18(23-20(24)25)14-16-10-6-4-7-11-16/h4-13,18-19H,14-15H2,1-3H3,(H,23,25)/t18-,19-/m0/s1. The van der Waals surface area contributed by atoms with Crippen LogP contribution in [0.25, 0.3) is 0 Å². The van der Waals surface area contributed by atoms with Crippen molar-refractivity contribution in [3.63, 3.8) is 0 Å². The highest BCUT2D eigenvalue weighted by molar-refractivity contribution is 5.93. The molecule has 0 radical (unpaired) electrons. The highest BCUT2D eigenvalue weighted by atomic mass is 16.6. The van der Waals surface area contributed by atoms with Gasteiger partial charge in [0.1, 0.15) is 5.60 Å². The molecule has 27 heavy (non-hydrogen) atoms. The molecule has 1 saturated heterocycles. The van der Waals surface area contributed by atoms with E-state index in [0.717, 1.165) is 11.1 Å². The monoisotopic (exact) mass is 366 g/mol. The summed E-state index contributed by atoms with van der Waals surface area (Å²) in [5.41, 5.74) is 1.53. The fourth-order valence-corrected chi connectivity index (χ4v) is 3.33. The van der Waals surface area contributed by atoms with Crippen molar-refractivity contribution < 1.29 is 14.3 Å². The van der Waals surface area contributed by atoms with E-state index < -0.39 is 17.7 Å². The summed E-state index contributed by atoms with van der Waals surface area (Å²) in [5.74, 6) is 0. The van der Waals surface area contributed by atoms with Crippen molar-refractivity contribution in [1.82, 2.24) is 10.2 Å². The van der Waals surface area contributed by atoms with Crippen molar-refractivity contribution in [2.75, 3.05) is 0 Å². The zero-order chi connectivity index (χ0) is 19.4. The van der Waals surface area contributed by atoms with Gasteiger partial charge in [0.25, 0.3) is 0 Å². The Morgan fingerprint density at radius 3 is 2.00 bits per heavy atom. The number of carbonyl (C=O) groups is 2. The Kier molecular flexibility index (Phi) is 5.49. The van der Waals surface area contributed by atoms with Crippen LogP contribution in [0.5, 0.6) is 0 Å². The van der Waals surface area contributed by atoms with Crippen molar-refractivity contribution in [3.05, 3.63) is 71.8 Å². The zero-order valence-electron chi connectivity index (χ0n) is 16.0. The van der Waals surface area contributed by atoms with Crippen molar-refractivity contribution in [2.24, 2.45) is 0 Å². The lowest BCUT2D eigenvalue weighted by atomic mass is 9.95. The summed E-state index contributed by atoms with van der Waals surface area (Å²) >= 11 is 0. The highest BCUT2D eigenvalue weighted by Gasteiger charge is 2.44. The molecule has 5 heteroatoms. The highest BCUT2D eigenvalue weighted by Crippen LogP contribution is 2.24. The van der Waals surface area contributed by atoms with E-state index in [-0.39, 0.29) is 12.1 Å². The van der Waals surface area contributed by atoms with E-state index in [1.165, 1.54) is 4.90 Å². The van der Waals surface area contributed by atoms with E-state index in [9.17, 15) is 9.59 Å². The topological polar surface area (TPSA) is 58.6 Å². The van der Waals surface area contributed by atoms with Gasteiger partial charge in [0.05, 0.1) is 12.1 Å². The average Bonchev–Trinajstić information content (AvgIpc) is 2.90. The summed E-state index contributed by atoms with van der Waals surface area (Å²) in [5, 5.41) is 2.98. The second kappa shape index (κ2) is 7.82. The molecular formula is C22H26N2O3. The fraction of sp³-hybridized carbons (Fsp3) is 0.364. The smallest absolute Gasteiger partial charge is 0.418 e. The Balaban J connectivity index is 1.86. The predicted octanol–water partition coefficient (Wildman–Crippen LogP) is 4.17. The van der Waals surface area contributed by atoms with Crippen LogP contribution in [0.2, 0.25) is 0 Å². The maximum absolute atomic E-state index is 12.7. The summed E-state index contributed by atoms with van der Waals surface area (Å²) < 4.78 is 5.48. The molecule has 0 bridgehead atoms. The predicted molar refractivity (Wildman–Crippen MR) is 104 cm³/mol. The zero-order valence-corrected chi connectivity index (χ0v) is 16.0. The number of hydrogen-bond donors (Lipinski definition) is 1. The number of carbonyl (C=O) groups excluding carboxylic acids is 2. The number of imide groups is 1. The Bertz CT molecular complexity index is 784. The molecule has 2 aromatic carbocycles. The molecule has 1 aliphatic heterocycles. The molecular weight excluding hydrogens is 340 g/mol. The van der Waals surface area contributed by atoms with Crippen molar-refractivity contribution >= 4 is 12.1 Å². The third-order valence-electron chi connectivity index (χ3n) is 4.50. The van der Waals surface area contributed by atoms with Crippen molar-refractivity contribution in [2.45, 2.75) is 51.3 Å². The lowest BCUT2D eigenvalue weighted by Gasteiger charge is -2.28. The first-order valence-corrected chi connectivity index (χ1v) is 9.24. The van der Waals surface area contributed by atoms with Gasteiger partial charge in [-0.2, -0.15) is 0 Å². The number of rotatable bonds is 4. The Labute approximate surface area is 160 Å². The van der Waals surface area contributed by atoms with Gasteiger partial charge in [0.2, 0.25) is 0 Å². The molecule has 1 aliphatic rings. The maximum atomic E-state index is 12.7. The normalized spacial score (nSPS) is 19.7.